The van der Waals surface area contributed by atoms with Gasteiger partial charge in [0.05, 0.1) is 13.0 Å². The van der Waals surface area contributed by atoms with E-state index in [2.05, 4.69) is 32.3 Å². The lowest BCUT2D eigenvalue weighted by Crippen LogP contribution is -2.39. The zero-order valence-electron chi connectivity index (χ0n) is 12.3. The standard InChI is InChI=1S/C16H16N4OS/c1-11-17-18-15-9-19(6-7-20(11)15)16(21)8-12-10-22-14-5-3-2-4-13(12)14/h2-5,10H,6-9H2,1H3. The highest BCUT2D eigenvalue weighted by Gasteiger charge is 2.23. The van der Waals surface area contributed by atoms with Crippen LogP contribution in [0.25, 0.3) is 10.1 Å². The Morgan fingerprint density at radius 3 is 3.05 bits per heavy atom. The molecule has 1 aromatic carbocycles. The molecule has 0 saturated heterocycles. The van der Waals surface area contributed by atoms with Crippen LogP contribution in [-0.2, 0) is 24.3 Å². The first-order valence-electron chi connectivity index (χ1n) is 7.34. The van der Waals surface area contributed by atoms with Crippen LogP contribution in [0, 0.1) is 6.92 Å². The summed E-state index contributed by atoms with van der Waals surface area (Å²) in [6.45, 7) is 4.02. The Kier molecular flexibility index (Phi) is 3.18. The van der Waals surface area contributed by atoms with E-state index in [0.29, 0.717) is 13.0 Å². The second-order valence-corrected chi connectivity index (χ2v) is 6.48. The maximum Gasteiger partial charge on any atom is 0.227 e. The molecule has 0 atom stereocenters. The highest BCUT2D eigenvalue weighted by atomic mass is 32.1. The van der Waals surface area contributed by atoms with Gasteiger partial charge in [0.2, 0.25) is 5.91 Å². The van der Waals surface area contributed by atoms with Gasteiger partial charge in [-0.2, -0.15) is 0 Å². The van der Waals surface area contributed by atoms with Crippen LogP contribution in [0.3, 0.4) is 0 Å². The van der Waals surface area contributed by atoms with Crippen molar-refractivity contribution in [2.45, 2.75) is 26.4 Å². The SMILES string of the molecule is Cc1nnc2n1CCN(C(=O)Cc1csc3ccccc13)C2. The molecule has 5 nitrogen and oxygen atoms in total. The topological polar surface area (TPSA) is 51.0 Å². The fourth-order valence-corrected chi connectivity index (χ4v) is 3.92. The molecular weight excluding hydrogens is 296 g/mol. The summed E-state index contributed by atoms with van der Waals surface area (Å²) in [4.78, 5) is 14.5. The third kappa shape index (κ3) is 2.20. The lowest BCUT2D eigenvalue weighted by atomic mass is 10.1. The number of amides is 1. The smallest absolute Gasteiger partial charge is 0.227 e. The van der Waals surface area contributed by atoms with Crippen LogP contribution < -0.4 is 0 Å². The summed E-state index contributed by atoms with van der Waals surface area (Å²) >= 11 is 1.70. The average Bonchev–Trinajstić information content (AvgIpc) is 3.12. The predicted octanol–water partition coefficient (Wildman–Crippen LogP) is 2.39. The van der Waals surface area contributed by atoms with Crippen molar-refractivity contribution in [1.82, 2.24) is 19.7 Å². The maximum atomic E-state index is 12.6. The third-order valence-corrected chi connectivity index (χ3v) is 5.21. The highest BCUT2D eigenvalue weighted by Crippen LogP contribution is 2.26. The molecule has 0 N–H and O–H groups in total. The fourth-order valence-electron chi connectivity index (χ4n) is 2.96. The molecule has 22 heavy (non-hydrogen) atoms. The lowest BCUT2D eigenvalue weighted by Gasteiger charge is -2.27. The Hall–Kier alpha value is -2.21. The van der Waals surface area contributed by atoms with Crippen LogP contribution >= 0.6 is 11.3 Å². The van der Waals surface area contributed by atoms with Gasteiger partial charge in [-0.25, -0.2) is 0 Å². The molecule has 0 unspecified atom stereocenters. The molecule has 4 rings (SSSR count). The van der Waals surface area contributed by atoms with Gasteiger partial charge in [0.1, 0.15) is 5.82 Å². The van der Waals surface area contributed by atoms with Crippen molar-refractivity contribution in [3.63, 3.8) is 0 Å². The molecule has 6 heteroatoms. The van der Waals surface area contributed by atoms with E-state index in [1.807, 2.05) is 24.0 Å². The number of nitrogens with zero attached hydrogens (tertiary/aromatic N) is 4. The van der Waals surface area contributed by atoms with E-state index in [9.17, 15) is 4.79 Å². The number of benzene rings is 1. The van der Waals surface area contributed by atoms with Gasteiger partial charge in [0.15, 0.2) is 5.82 Å². The predicted molar refractivity (Wildman–Crippen MR) is 85.7 cm³/mol. The summed E-state index contributed by atoms with van der Waals surface area (Å²) in [5.74, 6) is 1.97. The van der Waals surface area contributed by atoms with Gasteiger partial charge in [-0.15, -0.1) is 21.5 Å². The second-order valence-electron chi connectivity index (χ2n) is 5.56. The minimum atomic E-state index is 0.162. The minimum absolute atomic E-state index is 0.162. The zero-order valence-corrected chi connectivity index (χ0v) is 13.1. The molecule has 1 aliphatic rings. The first kappa shape index (κ1) is 13.5. The molecule has 0 fully saturated rings. The van der Waals surface area contributed by atoms with Crippen molar-refractivity contribution in [2.24, 2.45) is 0 Å². The van der Waals surface area contributed by atoms with Crippen LogP contribution in [0.5, 0.6) is 0 Å². The van der Waals surface area contributed by atoms with Crippen molar-refractivity contribution in [3.05, 3.63) is 46.9 Å². The summed E-state index contributed by atoms with van der Waals surface area (Å²) in [5, 5.41) is 11.5. The van der Waals surface area contributed by atoms with Gasteiger partial charge in [-0.3, -0.25) is 4.79 Å². The number of carbonyl (C=O) groups is 1. The van der Waals surface area contributed by atoms with Crippen LogP contribution in [0.15, 0.2) is 29.6 Å². The highest BCUT2D eigenvalue weighted by molar-refractivity contribution is 7.17. The molecule has 112 valence electrons. The van der Waals surface area contributed by atoms with Gasteiger partial charge >= 0.3 is 0 Å². The summed E-state index contributed by atoms with van der Waals surface area (Å²) < 4.78 is 3.32. The van der Waals surface area contributed by atoms with E-state index in [-0.39, 0.29) is 5.91 Å². The van der Waals surface area contributed by atoms with E-state index in [0.717, 1.165) is 30.3 Å². The molecule has 0 saturated carbocycles. The first-order chi connectivity index (χ1) is 10.7. The lowest BCUT2D eigenvalue weighted by molar-refractivity contribution is -0.131. The number of aromatic nitrogens is 3. The van der Waals surface area contributed by atoms with E-state index in [1.165, 1.54) is 10.1 Å². The van der Waals surface area contributed by atoms with Crippen molar-refractivity contribution >= 4 is 27.3 Å². The molecule has 1 aliphatic heterocycles. The molecule has 3 aromatic rings. The molecule has 1 amide bonds. The van der Waals surface area contributed by atoms with E-state index in [4.69, 9.17) is 0 Å². The van der Waals surface area contributed by atoms with Crippen LogP contribution in [0.1, 0.15) is 17.2 Å². The molecule has 3 heterocycles. The molecule has 0 bridgehead atoms. The Bertz CT molecular complexity index is 851. The number of fused-ring (bicyclic) bond motifs is 2. The third-order valence-electron chi connectivity index (χ3n) is 4.19. The largest absolute Gasteiger partial charge is 0.333 e. The molecular formula is C16H16N4OS. The van der Waals surface area contributed by atoms with E-state index >= 15 is 0 Å². The normalized spacial score (nSPS) is 14.3. The quantitative estimate of drug-likeness (QED) is 0.730. The van der Waals surface area contributed by atoms with Crippen LogP contribution in [0.4, 0.5) is 0 Å². The second kappa shape index (κ2) is 5.21. The van der Waals surface area contributed by atoms with Gasteiger partial charge in [0, 0.05) is 17.8 Å². The Morgan fingerprint density at radius 2 is 2.14 bits per heavy atom. The van der Waals surface area contributed by atoms with Crippen molar-refractivity contribution in [3.8, 4) is 0 Å². The number of rotatable bonds is 2. The molecule has 0 spiro atoms. The van der Waals surface area contributed by atoms with Crippen LogP contribution in [-0.4, -0.2) is 32.1 Å². The number of hydrogen-bond acceptors (Lipinski definition) is 4. The van der Waals surface area contributed by atoms with Crippen molar-refractivity contribution in [1.29, 1.82) is 0 Å². The average molecular weight is 312 g/mol. The van der Waals surface area contributed by atoms with Gasteiger partial charge in [-0.05, 0) is 29.3 Å². The van der Waals surface area contributed by atoms with E-state index in [1.54, 1.807) is 11.3 Å². The maximum absolute atomic E-state index is 12.6. The van der Waals surface area contributed by atoms with Gasteiger partial charge in [-0.1, -0.05) is 18.2 Å². The number of thiophene rings is 1. The molecule has 0 aliphatic carbocycles. The number of hydrogen-bond donors (Lipinski definition) is 0. The van der Waals surface area contributed by atoms with Crippen LogP contribution in [0.2, 0.25) is 0 Å². The Morgan fingerprint density at radius 1 is 1.27 bits per heavy atom. The zero-order chi connectivity index (χ0) is 15.1. The van der Waals surface area contributed by atoms with Gasteiger partial charge < -0.3 is 9.47 Å². The summed E-state index contributed by atoms with van der Waals surface area (Å²) in [6, 6.07) is 8.24. The monoisotopic (exact) mass is 312 g/mol. The fraction of sp³-hybridized carbons (Fsp3) is 0.312. The van der Waals surface area contributed by atoms with E-state index < -0.39 is 0 Å². The van der Waals surface area contributed by atoms with Crippen molar-refractivity contribution < 1.29 is 4.79 Å². The number of carbonyl (C=O) groups excluding carboxylic acids is 1. The summed E-state index contributed by atoms with van der Waals surface area (Å²) in [6.07, 6.45) is 0.455. The molecule has 0 radical (unpaired) electrons. The summed E-state index contributed by atoms with van der Waals surface area (Å²) in [7, 11) is 0. The van der Waals surface area contributed by atoms with Crippen molar-refractivity contribution in [2.75, 3.05) is 6.54 Å². The minimum Gasteiger partial charge on any atom is -0.333 e. The summed E-state index contributed by atoms with van der Waals surface area (Å²) in [5.41, 5.74) is 1.12. The number of aryl methyl sites for hydroxylation is 1. The Labute approximate surface area is 132 Å². The van der Waals surface area contributed by atoms with Gasteiger partial charge in [0.25, 0.3) is 0 Å². The molecule has 2 aromatic heterocycles. The first-order valence-corrected chi connectivity index (χ1v) is 8.22. The Balaban J connectivity index is 1.53.